The maximum absolute atomic E-state index is 13.4. The van der Waals surface area contributed by atoms with Crippen LogP contribution in [0.25, 0.3) is 0 Å². The van der Waals surface area contributed by atoms with Gasteiger partial charge < -0.3 is 15.2 Å². The van der Waals surface area contributed by atoms with Gasteiger partial charge in [0.25, 0.3) is 5.91 Å². The highest BCUT2D eigenvalue weighted by molar-refractivity contribution is 6.07. The number of carbonyl (C=O) groups excluding carboxylic acids is 2. The molecule has 1 fully saturated rings. The lowest BCUT2D eigenvalue weighted by atomic mass is 9.84. The van der Waals surface area contributed by atoms with E-state index in [1.165, 1.54) is 24.3 Å². The predicted molar refractivity (Wildman–Crippen MR) is 115 cm³/mol. The van der Waals surface area contributed by atoms with E-state index in [9.17, 15) is 19.1 Å². The van der Waals surface area contributed by atoms with Gasteiger partial charge in [-0.15, -0.1) is 0 Å². The monoisotopic (exact) mass is 428 g/mol. The van der Waals surface area contributed by atoms with Crippen LogP contribution in [0.3, 0.4) is 0 Å². The lowest BCUT2D eigenvalue weighted by molar-refractivity contribution is -0.133. The molecule has 3 rings (SSSR count). The second kappa shape index (κ2) is 9.47. The van der Waals surface area contributed by atoms with Crippen molar-refractivity contribution in [1.29, 1.82) is 0 Å². The van der Waals surface area contributed by atoms with Gasteiger partial charge in [0, 0.05) is 0 Å². The largest absolute Gasteiger partial charge is 0.490 e. The number of imide groups is 1. The molecule has 1 heterocycles. The molecule has 7 heteroatoms. The Kier molecular flexibility index (Phi) is 6.95. The van der Waals surface area contributed by atoms with E-state index in [-0.39, 0.29) is 13.2 Å². The molecular weight excluding hydrogens is 399 g/mol. The highest BCUT2D eigenvalue weighted by atomic mass is 19.1. The predicted octanol–water partition coefficient (Wildman–Crippen LogP) is 3.82. The summed E-state index contributed by atoms with van der Waals surface area (Å²) in [5, 5.41) is 13.3. The van der Waals surface area contributed by atoms with E-state index in [1.807, 2.05) is 39.0 Å². The summed E-state index contributed by atoms with van der Waals surface area (Å²) in [6, 6.07) is 10.8. The molecule has 2 aromatic rings. The Hall–Kier alpha value is -2.93. The average Bonchev–Trinajstić information content (AvgIpc) is 2.97. The number of β-amino-alcohol motifs (C(OH)–C–C–N with tert-alkyl or cyclic N) is 1. The summed E-state index contributed by atoms with van der Waals surface area (Å²) >= 11 is 0. The molecule has 0 bridgehead atoms. The first-order valence-corrected chi connectivity index (χ1v) is 10.6. The minimum absolute atomic E-state index is 0.0543. The number of amides is 3. The van der Waals surface area contributed by atoms with Gasteiger partial charge in [-0.2, -0.15) is 0 Å². The molecule has 2 aromatic carbocycles. The van der Waals surface area contributed by atoms with E-state index in [0.717, 1.165) is 22.4 Å². The summed E-state index contributed by atoms with van der Waals surface area (Å²) in [4.78, 5) is 27.1. The SMILES string of the molecule is CCCCC1(c2ccc(F)cc2)NC(=O)N(CC(O)COc2c(C)cccc2C)C1=O. The Morgan fingerprint density at radius 2 is 1.77 bits per heavy atom. The van der Waals surface area contributed by atoms with Crippen molar-refractivity contribution in [2.75, 3.05) is 13.2 Å². The molecule has 6 nitrogen and oxygen atoms in total. The van der Waals surface area contributed by atoms with Gasteiger partial charge in [-0.1, -0.05) is 50.1 Å². The van der Waals surface area contributed by atoms with Gasteiger partial charge in [-0.3, -0.25) is 9.69 Å². The summed E-state index contributed by atoms with van der Waals surface area (Å²) in [7, 11) is 0. The van der Waals surface area contributed by atoms with Gasteiger partial charge in [0.05, 0.1) is 6.54 Å². The highest BCUT2D eigenvalue weighted by Crippen LogP contribution is 2.34. The Labute approximate surface area is 182 Å². The van der Waals surface area contributed by atoms with Gasteiger partial charge in [0.15, 0.2) is 0 Å². The molecule has 166 valence electrons. The number of para-hydroxylation sites is 1. The lowest BCUT2D eigenvalue weighted by Gasteiger charge is -2.27. The Bertz CT molecular complexity index is 927. The van der Waals surface area contributed by atoms with Crippen LogP contribution in [0.15, 0.2) is 42.5 Å². The zero-order valence-corrected chi connectivity index (χ0v) is 18.2. The number of nitrogens with one attached hydrogen (secondary N) is 1. The second-order valence-electron chi connectivity index (χ2n) is 8.05. The van der Waals surface area contributed by atoms with Crippen LogP contribution in [0, 0.1) is 19.7 Å². The number of hydrogen-bond acceptors (Lipinski definition) is 4. The van der Waals surface area contributed by atoms with Crippen molar-refractivity contribution in [3.8, 4) is 5.75 Å². The van der Waals surface area contributed by atoms with Crippen molar-refractivity contribution in [1.82, 2.24) is 10.2 Å². The first-order valence-electron chi connectivity index (χ1n) is 10.6. The van der Waals surface area contributed by atoms with Crippen molar-refractivity contribution in [2.45, 2.75) is 51.7 Å². The van der Waals surface area contributed by atoms with E-state index in [1.54, 1.807) is 0 Å². The third kappa shape index (κ3) is 4.71. The minimum Gasteiger partial charge on any atom is -0.490 e. The quantitative estimate of drug-likeness (QED) is 0.595. The van der Waals surface area contributed by atoms with E-state index in [2.05, 4.69) is 5.32 Å². The Balaban J connectivity index is 1.75. The molecule has 3 amide bonds. The molecule has 0 spiro atoms. The average molecular weight is 429 g/mol. The number of benzene rings is 2. The summed E-state index contributed by atoms with van der Waals surface area (Å²) in [6.45, 7) is 5.58. The molecule has 0 radical (unpaired) electrons. The van der Waals surface area contributed by atoms with Crippen LogP contribution in [0.4, 0.5) is 9.18 Å². The number of rotatable bonds is 9. The van der Waals surface area contributed by atoms with Crippen LogP contribution in [0.5, 0.6) is 5.75 Å². The summed E-state index contributed by atoms with van der Waals surface area (Å²) in [5.41, 5.74) is 1.16. The fourth-order valence-electron chi connectivity index (χ4n) is 3.95. The van der Waals surface area contributed by atoms with Crippen LogP contribution < -0.4 is 10.1 Å². The lowest BCUT2D eigenvalue weighted by Crippen LogP contribution is -2.45. The molecule has 2 N–H and O–H groups in total. The summed E-state index contributed by atoms with van der Waals surface area (Å²) < 4.78 is 19.2. The number of aryl methyl sites for hydroxylation is 2. The van der Waals surface area contributed by atoms with Crippen LogP contribution in [0.1, 0.15) is 42.9 Å². The van der Waals surface area contributed by atoms with E-state index in [0.29, 0.717) is 24.2 Å². The maximum Gasteiger partial charge on any atom is 0.325 e. The topological polar surface area (TPSA) is 78.9 Å². The number of aliphatic hydroxyl groups excluding tert-OH is 1. The van der Waals surface area contributed by atoms with Gasteiger partial charge >= 0.3 is 6.03 Å². The molecule has 2 unspecified atom stereocenters. The normalized spacial score (nSPS) is 19.5. The standard InChI is InChI=1S/C24H29FN2O4/c1-4-5-13-24(18-9-11-19(25)12-10-18)22(29)27(23(30)26-24)14-20(28)15-31-21-16(2)7-6-8-17(21)3/h6-12,20,28H,4-5,13-15H2,1-3H3,(H,26,30). The number of aliphatic hydroxyl groups is 1. The van der Waals surface area contributed by atoms with Crippen LogP contribution in [0.2, 0.25) is 0 Å². The summed E-state index contributed by atoms with van der Waals surface area (Å²) in [5.74, 6) is -0.173. The van der Waals surface area contributed by atoms with Crippen molar-refractivity contribution in [3.63, 3.8) is 0 Å². The van der Waals surface area contributed by atoms with Crippen molar-refractivity contribution in [3.05, 3.63) is 65.0 Å². The smallest absolute Gasteiger partial charge is 0.325 e. The van der Waals surface area contributed by atoms with Gasteiger partial charge in [0.2, 0.25) is 0 Å². The third-order valence-electron chi connectivity index (χ3n) is 5.64. The minimum atomic E-state index is -1.26. The third-order valence-corrected chi connectivity index (χ3v) is 5.64. The number of urea groups is 1. The highest BCUT2D eigenvalue weighted by Gasteiger charge is 2.52. The second-order valence-corrected chi connectivity index (χ2v) is 8.05. The van der Waals surface area contributed by atoms with E-state index < -0.39 is 29.4 Å². The number of nitrogens with zero attached hydrogens (tertiary/aromatic N) is 1. The van der Waals surface area contributed by atoms with Gasteiger partial charge in [-0.05, 0) is 49.1 Å². The molecular formula is C24H29FN2O4. The van der Waals surface area contributed by atoms with Crippen LogP contribution in [-0.2, 0) is 10.3 Å². The maximum atomic E-state index is 13.4. The van der Waals surface area contributed by atoms with Crippen LogP contribution in [-0.4, -0.2) is 41.2 Å². The molecule has 1 aliphatic heterocycles. The van der Waals surface area contributed by atoms with Gasteiger partial charge in [0.1, 0.15) is 29.8 Å². The molecule has 0 aliphatic carbocycles. The number of carbonyl (C=O) groups is 2. The first-order chi connectivity index (χ1) is 14.8. The molecule has 0 aromatic heterocycles. The zero-order valence-electron chi connectivity index (χ0n) is 18.2. The number of unbranched alkanes of at least 4 members (excludes halogenated alkanes) is 1. The van der Waals surface area contributed by atoms with E-state index >= 15 is 0 Å². The Morgan fingerprint density at radius 3 is 2.39 bits per heavy atom. The number of hydrogen-bond donors (Lipinski definition) is 2. The Morgan fingerprint density at radius 1 is 1.13 bits per heavy atom. The first kappa shape index (κ1) is 22.7. The fourth-order valence-corrected chi connectivity index (χ4v) is 3.95. The number of halogens is 1. The molecule has 1 saturated heterocycles. The number of ether oxygens (including phenoxy) is 1. The molecule has 31 heavy (non-hydrogen) atoms. The van der Waals surface area contributed by atoms with Crippen molar-refractivity contribution >= 4 is 11.9 Å². The van der Waals surface area contributed by atoms with Gasteiger partial charge in [-0.25, -0.2) is 9.18 Å². The van der Waals surface area contributed by atoms with Crippen molar-refractivity contribution in [2.24, 2.45) is 0 Å². The zero-order chi connectivity index (χ0) is 22.6. The van der Waals surface area contributed by atoms with Crippen molar-refractivity contribution < 1.29 is 23.8 Å². The molecule has 0 saturated carbocycles. The fraction of sp³-hybridized carbons (Fsp3) is 0.417. The van der Waals surface area contributed by atoms with E-state index in [4.69, 9.17) is 4.74 Å². The molecule has 2 atom stereocenters. The van der Waals surface area contributed by atoms with Crippen LogP contribution >= 0.6 is 0 Å². The molecule has 1 aliphatic rings. The summed E-state index contributed by atoms with van der Waals surface area (Å²) in [6.07, 6.45) is 0.878.